The number of ether oxygens (including phenoxy) is 1. The van der Waals surface area contributed by atoms with Crippen LogP contribution in [0.25, 0.3) is 0 Å². The number of carbonyl (C=O) groups is 2. The standard InChI is InChI=1S/C20H22N2O3/c1-25-18-10-8-17(9-11-18)20(24)22-13-5-12-21(14-15-22)19(23)16-6-3-2-4-7-16/h2-4,6-11H,5,12-15H2,1H3. The van der Waals surface area contributed by atoms with E-state index in [1.54, 1.807) is 31.4 Å². The molecule has 0 bridgehead atoms. The van der Waals surface area contributed by atoms with E-state index in [2.05, 4.69) is 0 Å². The molecule has 2 amide bonds. The minimum atomic E-state index is -0.00309. The van der Waals surface area contributed by atoms with Gasteiger partial charge in [-0.05, 0) is 42.8 Å². The minimum absolute atomic E-state index is 0.00309. The second-order valence-corrected chi connectivity index (χ2v) is 6.03. The maximum absolute atomic E-state index is 12.7. The number of hydrogen-bond acceptors (Lipinski definition) is 3. The van der Waals surface area contributed by atoms with E-state index in [1.165, 1.54) is 0 Å². The highest BCUT2D eigenvalue weighted by atomic mass is 16.5. The van der Waals surface area contributed by atoms with Gasteiger partial charge in [-0.2, -0.15) is 0 Å². The van der Waals surface area contributed by atoms with E-state index in [0.717, 1.165) is 12.2 Å². The second kappa shape index (κ2) is 7.83. The van der Waals surface area contributed by atoms with E-state index in [0.29, 0.717) is 37.3 Å². The fraction of sp³-hybridized carbons (Fsp3) is 0.300. The fourth-order valence-corrected chi connectivity index (χ4v) is 3.00. The van der Waals surface area contributed by atoms with Crippen molar-refractivity contribution in [3.05, 3.63) is 65.7 Å². The van der Waals surface area contributed by atoms with Gasteiger partial charge in [0.05, 0.1) is 7.11 Å². The summed E-state index contributed by atoms with van der Waals surface area (Å²) in [5, 5.41) is 0. The van der Waals surface area contributed by atoms with Gasteiger partial charge in [-0.15, -0.1) is 0 Å². The predicted molar refractivity (Wildman–Crippen MR) is 95.9 cm³/mol. The van der Waals surface area contributed by atoms with Gasteiger partial charge in [-0.25, -0.2) is 0 Å². The highest BCUT2D eigenvalue weighted by molar-refractivity contribution is 5.95. The molecule has 130 valence electrons. The fourth-order valence-electron chi connectivity index (χ4n) is 3.00. The van der Waals surface area contributed by atoms with Crippen molar-refractivity contribution >= 4 is 11.8 Å². The third kappa shape index (κ3) is 3.99. The van der Waals surface area contributed by atoms with Crippen molar-refractivity contribution in [3.8, 4) is 5.75 Å². The SMILES string of the molecule is COc1ccc(C(=O)N2CCCN(C(=O)c3ccccc3)CC2)cc1. The summed E-state index contributed by atoms with van der Waals surface area (Å²) in [6.45, 7) is 2.42. The normalized spacial score (nSPS) is 14.8. The molecule has 5 nitrogen and oxygen atoms in total. The molecule has 0 aliphatic carbocycles. The molecule has 0 radical (unpaired) electrons. The van der Waals surface area contributed by atoms with Gasteiger partial charge >= 0.3 is 0 Å². The minimum Gasteiger partial charge on any atom is -0.497 e. The molecule has 2 aromatic rings. The van der Waals surface area contributed by atoms with E-state index in [1.807, 2.05) is 40.1 Å². The molecular formula is C20H22N2O3. The lowest BCUT2D eigenvalue weighted by molar-refractivity contribution is 0.0718. The first kappa shape index (κ1) is 17.0. The molecule has 0 saturated carbocycles. The summed E-state index contributed by atoms with van der Waals surface area (Å²) in [6, 6.07) is 16.4. The monoisotopic (exact) mass is 338 g/mol. The molecule has 0 atom stereocenters. The lowest BCUT2D eigenvalue weighted by Gasteiger charge is -2.22. The molecule has 25 heavy (non-hydrogen) atoms. The molecule has 0 spiro atoms. The first-order valence-corrected chi connectivity index (χ1v) is 8.46. The second-order valence-electron chi connectivity index (χ2n) is 6.03. The molecule has 0 unspecified atom stereocenters. The Balaban J connectivity index is 1.64. The number of methoxy groups -OCH3 is 1. The van der Waals surface area contributed by atoms with E-state index in [4.69, 9.17) is 4.74 Å². The highest BCUT2D eigenvalue weighted by Gasteiger charge is 2.23. The van der Waals surface area contributed by atoms with Crippen LogP contribution in [0.2, 0.25) is 0 Å². The molecule has 1 aliphatic heterocycles. The molecule has 0 N–H and O–H groups in total. The number of hydrogen-bond donors (Lipinski definition) is 0. The summed E-state index contributed by atoms with van der Waals surface area (Å²) in [6.07, 6.45) is 0.778. The quantitative estimate of drug-likeness (QED) is 0.864. The van der Waals surface area contributed by atoms with Crippen LogP contribution in [0.15, 0.2) is 54.6 Å². The van der Waals surface area contributed by atoms with E-state index >= 15 is 0 Å². The van der Waals surface area contributed by atoms with Crippen LogP contribution in [0.4, 0.5) is 0 Å². The van der Waals surface area contributed by atoms with Gasteiger partial charge in [0.2, 0.25) is 0 Å². The summed E-state index contributed by atoms with van der Waals surface area (Å²) >= 11 is 0. The predicted octanol–water partition coefficient (Wildman–Crippen LogP) is 2.68. The van der Waals surface area contributed by atoms with Crippen LogP contribution in [0.5, 0.6) is 5.75 Å². The Hall–Kier alpha value is -2.82. The molecule has 1 saturated heterocycles. The van der Waals surface area contributed by atoms with Crippen molar-refractivity contribution in [1.29, 1.82) is 0 Å². The number of amides is 2. The lowest BCUT2D eigenvalue weighted by Crippen LogP contribution is -2.37. The third-order valence-corrected chi connectivity index (χ3v) is 4.43. The van der Waals surface area contributed by atoms with Gasteiger partial charge in [-0.1, -0.05) is 18.2 Å². The summed E-state index contributed by atoms with van der Waals surface area (Å²) in [4.78, 5) is 28.9. The molecule has 1 aliphatic rings. The molecule has 5 heteroatoms. The average Bonchev–Trinajstić information content (AvgIpc) is 2.94. The average molecular weight is 338 g/mol. The number of carbonyl (C=O) groups excluding carboxylic acids is 2. The van der Waals surface area contributed by atoms with Crippen molar-refractivity contribution < 1.29 is 14.3 Å². The first-order chi connectivity index (χ1) is 12.2. The molecule has 2 aromatic carbocycles. The molecule has 3 rings (SSSR count). The van der Waals surface area contributed by atoms with Crippen LogP contribution in [0, 0.1) is 0 Å². The van der Waals surface area contributed by atoms with E-state index in [9.17, 15) is 9.59 Å². The van der Waals surface area contributed by atoms with E-state index in [-0.39, 0.29) is 11.8 Å². The maximum atomic E-state index is 12.7. The number of nitrogens with zero attached hydrogens (tertiary/aromatic N) is 2. The van der Waals surface area contributed by atoms with Crippen LogP contribution in [-0.4, -0.2) is 54.9 Å². The van der Waals surface area contributed by atoms with E-state index < -0.39 is 0 Å². The highest BCUT2D eigenvalue weighted by Crippen LogP contribution is 2.15. The van der Waals surface area contributed by atoms with Gasteiger partial charge < -0.3 is 14.5 Å². The Morgan fingerprint density at radius 3 is 1.80 bits per heavy atom. The number of rotatable bonds is 3. The number of benzene rings is 2. The van der Waals surface area contributed by atoms with Crippen molar-refractivity contribution in [1.82, 2.24) is 9.80 Å². The summed E-state index contributed by atoms with van der Waals surface area (Å²) in [5.41, 5.74) is 1.33. The van der Waals surface area contributed by atoms with Crippen molar-refractivity contribution in [2.75, 3.05) is 33.3 Å². The van der Waals surface area contributed by atoms with Gasteiger partial charge in [0.1, 0.15) is 5.75 Å². The zero-order valence-electron chi connectivity index (χ0n) is 14.4. The Morgan fingerprint density at radius 2 is 1.28 bits per heavy atom. The maximum Gasteiger partial charge on any atom is 0.253 e. The van der Waals surface area contributed by atoms with Gasteiger partial charge in [0, 0.05) is 37.3 Å². The largest absolute Gasteiger partial charge is 0.497 e. The van der Waals surface area contributed by atoms with Crippen molar-refractivity contribution in [2.45, 2.75) is 6.42 Å². The summed E-state index contributed by atoms with van der Waals surface area (Å²) < 4.78 is 5.13. The lowest BCUT2D eigenvalue weighted by atomic mass is 10.2. The van der Waals surface area contributed by atoms with Gasteiger partial charge in [0.25, 0.3) is 11.8 Å². The summed E-state index contributed by atoms with van der Waals surface area (Å²) in [5.74, 6) is 0.753. The van der Waals surface area contributed by atoms with Crippen LogP contribution < -0.4 is 4.74 Å². The van der Waals surface area contributed by atoms with Crippen molar-refractivity contribution in [3.63, 3.8) is 0 Å². The Bertz CT molecular complexity index is 728. The van der Waals surface area contributed by atoms with Crippen molar-refractivity contribution in [2.24, 2.45) is 0 Å². The third-order valence-electron chi connectivity index (χ3n) is 4.43. The van der Waals surface area contributed by atoms with Crippen LogP contribution in [-0.2, 0) is 0 Å². The van der Waals surface area contributed by atoms with Gasteiger partial charge in [-0.3, -0.25) is 9.59 Å². The van der Waals surface area contributed by atoms with Crippen LogP contribution in [0.3, 0.4) is 0 Å². The Morgan fingerprint density at radius 1 is 0.760 bits per heavy atom. The molecule has 0 aromatic heterocycles. The Labute approximate surface area is 147 Å². The smallest absolute Gasteiger partial charge is 0.253 e. The zero-order valence-corrected chi connectivity index (χ0v) is 14.4. The molecular weight excluding hydrogens is 316 g/mol. The zero-order chi connectivity index (χ0) is 17.6. The summed E-state index contributed by atoms with van der Waals surface area (Å²) in [7, 11) is 1.60. The van der Waals surface area contributed by atoms with Crippen LogP contribution >= 0.6 is 0 Å². The Kier molecular flexibility index (Phi) is 5.33. The molecule has 1 fully saturated rings. The van der Waals surface area contributed by atoms with Crippen LogP contribution in [0.1, 0.15) is 27.1 Å². The van der Waals surface area contributed by atoms with Gasteiger partial charge in [0.15, 0.2) is 0 Å². The first-order valence-electron chi connectivity index (χ1n) is 8.46. The molecule has 1 heterocycles. The topological polar surface area (TPSA) is 49.9 Å².